The summed E-state index contributed by atoms with van der Waals surface area (Å²) in [5, 5.41) is 3.92. The number of hydrogen-bond donors (Lipinski definition) is 1. The van der Waals surface area contributed by atoms with Crippen LogP contribution in [0.2, 0.25) is 0 Å². The number of nitrogens with zero attached hydrogens (tertiary/aromatic N) is 1. The Morgan fingerprint density at radius 1 is 1.08 bits per heavy atom. The summed E-state index contributed by atoms with van der Waals surface area (Å²) in [7, 11) is 0. The maximum Gasteiger partial charge on any atom is 0.252 e. The number of benzene rings is 2. The van der Waals surface area contributed by atoms with Gasteiger partial charge in [0.1, 0.15) is 0 Å². The van der Waals surface area contributed by atoms with Gasteiger partial charge in [0.15, 0.2) is 0 Å². The molecule has 1 amide bonds. The lowest BCUT2D eigenvalue weighted by Gasteiger charge is -2.11. The second kappa shape index (κ2) is 8.26. The largest absolute Gasteiger partial charge is 0.352 e. The van der Waals surface area contributed by atoms with Crippen LogP contribution in [0, 0.1) is 0 Å². The van der Waals surface area contributed by atoms with Gasteiger partial charge in [0.25, 0.3) is 5.91 Å². The van der Waals surface area contributed by atoms with Crippen molar-refractivity contribution in [3.63, 3.8) is 0 Å². The predicted molar refractivity (Wildman–Crippen MR) is 107 cm³/mol. The smallest absolute Gasteiger partial charge is 0.252 e. The molecule has 1 heterocycles. The van der Waals surface area contributed by atoms with Gasteiger partial charge < -0.3 is 5.32 Å². The van der Waals surface area contributed by atoms with Crippen molar-refractivity contribution >= 4 is 32.7 Å². The first-order valence-corrected chi connectivity index (χ1v) is 9.42. The molecule has 1 aromatic heterocycles. The molecule has 1 N–H and O–H groups in total. The lowest BCUT2D eigenvalue weighted by Crippen LogP contribution is -2.24. The van der Waals surface area contributed by atoms with E-state index >= 15 is 0 Å². The highest BCUT2D eigenvalue weighted by molar-refractivity contribution is 9.10. The summed E-state index contributed by atoms with van der Waals surface area (Å²) in [4.78, 5) is 17.5. The number of hydrogen-bond acceptors (Lipinski definition) is 2. The van der Waals surface area contributed by atoms with Gasteiger partial charge >= 0.3 is 0 Å². The molecule has 128 valence electrons. The summed E-state index contributed by atoms with van der Waals surface area (Å²) in [6, 6.07) is 17.6. The van der Waals surface area contributed by atoms with Crippen LogP contribution in [0.4, 0.5) is 0 Å². The average Bonchev–Trinajstić information content (AvgIpc) is 2.64. The number of halogens is 1. The van der Waals surface area contributed by atoms with E-state index in [1.807, 2.05) is 54.6 Å². The van der Waals surface area contributed by atoms with Gasteiger partial charge in [-0.2, -0.15) is 0 Å². The summed E-state index contributed by atoms with van der Waals surface area (Å²) in [5.41, 5.74) is 3.30. The highest BCUT2D eigenvalue weighted by atomic mass is 79.9. The number of rotatable bonds is 6. The zero-order chi connectivity index (χ0) is 17.6. The number of nitrogens with one attached hydrogen (secondary N) is 1. The molecule has 0 aliphatic heterocycles. The molecule has 3 rings (SSSR count). The Balaban J connectivity index is 1.99. The van der Waals surface area contributed by atoms with Crippen LogP contribution < -0.4 is 5.32 Å². The van der Waals surface area contributed by atoms with Gasteiger partial charge in [-0.3, -0.25) is 4.79 Å². The second-order valence-corrected chi connectivity index (χ2v) is 6.96. The summed E-state index contributed by atoms with van der Waals surface area (Å²) in [6.45, 7) is 2.86. The van der Waals surface area contributed by atoms with Crippen LogP contribution in [0.25, 0.3) is 22.2 Å². The molecule has 0 aliphatic carbocycles. The van der Waals surface area contributed by atoms with E-state index in [1.165, 1.54) is 0 Å². The third-order valence-corrected chi connectivity index (χ3v) is 4.64. The van der Waals surface area contributed by atoms with Crippen LogP contribution in [-0.4, -0.2) is 17.4 Å². The van der Waals surface area contributed by atoms with Crippen molar-refractivity contribution < 1.29 is 4.79 Å². The molecule has 3 aromatic rings. The topological polar surface area (TPSA) is 42.0 Å². The molecule has 0 unspecified atom stereocenters. The first-order valence-electron chi connectivity index (χ1n) is 8.63. The number of unbranched alkanes of at least 4 members (excludes halogenated alkanes) is 2. The molecule has 2 aromatic carbocycles. The number of para-hydroxylation sites is 1. The van der Waals surface area contributed by atoms with Crippen LogP contribution in [0.3, 0.4) is 0 Å². The third-order valence-electron chi connectivity index (χ3n) is 4.15. The van der Waals surface area contributed by atoms with Crippen molar-refractivity contribution in [2.24, 2.45) is 0 Å². The quantitative estimate of drug-likeness (QED) is 0.552. The number of fused-ring (bicyclic) bond motifs is 1. The number of carbonyl (C=O) groups excluding carboxylic acids is 1. The van der Waals surface area contributed by atoms with Crippen molar-refractivity contribution in [1.82, 2.24) is 10.3 Å². The van der Waals surface area contributed by atoms with E-state index in [9.17, 15) is 4.79 Å². The maximum atomic E-state index is 12.7. The summed E-state index contributed by atoms with van der Waals surface area (Å²) in [5.74, 6) is -0.0362. The maximum absolute atomic E-state index is 12.7. The first-order chi connectivity index (χ1) is 12.2. The van der Waals surface area contributed by atoms with E-state index in [0.29, 0.717) is 12.1 Å². The number of aromatic nitrogens is 1. The van der Waals surface area contributed by atoms with Crippen molar-refractivity contribution in [2.45, 2.75) is 26.2 Å². The van der Waals surface area contributed by atoms with E-state index < -0.39 is 0 Å². The fraction of sp³-hybridized carbons (Fsp3) is 0.238. The zero-order valence-corrected chi connectivity index (χ0v) is 15.8. The van der Waals surface area contributed by atoms with Crippen LogP contribution in [-0.2, 0) is 0 Å². The number of pyridine rings is 1. The molecular formula is C21H21BrN2O. The Morgan fingerprint density at radius 3 is 2.72 bits per heavy atom. The molecule has 25 heavy (non-hydrogen) atoms. The highest BCUT2D eigenvalue weighted by Crippen LogP contribution is 2.26. The number of carbonyl (C=O) groups is 1. The Labute approximate surface area is 156 Å². The van der Waals surface area contributed by atoms with Crippen LogP contribution in [0.5, 0.6) is 0 Å². The van der Waals surface area contributed by atoms with Crippen molar-refractivity contribution in [1.29, 1.82) is 0 Å². The summed E-state index contributed by atoms with van der Waals surface area (Å²) in [6.07, 6.45) is 3.27. The Kier molecular flexibility index (Phi) is 5.82. The monoisotopic (exact) mass is 396 g/mol. The minimum absolute atomic E-state index is 0.0362. The van der Waals surface area contributed by atoms with Gasteiger partial charge in [0.05, 0.1) is 16.8 Å². The van der Waals surface area contributed by atoms with Crippen molar-refractivity contribution in [3.05, 3.63) is 64.6 Å². The lowest BCUT2D eigenvalue weighted by molar-refractivity contribution is 0.0954. The van der Waals surface area contributed by atoms with E-state index in [0.717, 1.165) is 45.9 Å². The molecular weight excluding hydrogens is 376 g/mol. The third kappa shape index (κ3) is 4.26. The Hall–Kier alpha value is -2.20. The second-order valence-electron chi connectivity index (χ2n) is 6.05. The Bertz CT molecular complexity index is 892. The van der Waals surface area contributed by atoms with Gasteiger partial charge in [0.2, 0.25) is 0 Å². The van der Waals surface area contributed by atoms with Gasteiger partial charge in [0, 0.05) is 22.0 Å². The van der Waals surface area contributed by atoms with Crippen LogP contribution in [0.15, 0.2) is 59.1 Å². The molecule has 4 heteroatoms. The molecule has 0 bridgehead atoms. The fourth-order valence-corrected chi connectivity index (χ4v) is 3.23. The van der Waals surface area contributed by atoms with Crippen LogP contribution in [0.1, 0.15) is 36.5 Å². The average molecular weight is 397 g/mol. The van der Waals surface area contributed by atoms with E-state index in [1.54, 1.807) is 0 Å². The van der Waals surface area contributed by atoms with Gasteiger partial charge in [-0.15, -0.1) is 0 Å². The summed E-state index contributed by atoms with van der Waals surface area (Å²) >= 11 is 3.50. The molecule has 0 saturated heterocycles. The summed E-state index contributed by atoms with van der Waals surface area (Å²) < 4.78 is 0.991. The zero-order valence-electron chi connectivity index (χ0n) is 14.3. The standard InChI is InChI=1S/C21H21BrN2O/c1-2-3-6-12-23-21(25)18-14-20(15-8-7-9-16(22)13-15)24-19-11-5-4-10-17(18)19/h4-5,7-11,13-14H,2-3,6,12H2,1H3,(H,23,25). The van der Waals surface area contributed by atoms with Gasteiger partial charge in [-0.25, -0.2) is 4.98 Å². The van der Waals surface area contributed by atoms with Crippen LogP contribution >= 0.6 is 15.9 Å². The highest BCUT2D eigenvalue weighted by Gasteiger charge is 2.13. The first kappa shape index (κ1) is 17.6. The van der Waals surface area contributed by atoms with Crippen molar-refractivity contribution in [3.8, 4) is 11.3 Å². The Morgan fingerprint density at radius 2 is 1.92 bits per heavy atom. The molecule has 0 atom stereocenters. The van der Waals surface area contributed by atoms with Gasteiger partial charge in [-0.1, -0.05) is 66.0 Å². The van der Waals surface area contributed by atoms with E-state index in [-0.39, 0.29) is 5.91 Å². The normalized spacial score (nSPS) is 10.8. The molecule has 3 nitrogen and oxygen atoms in total. The minimum atomic E-state index is -0.0362. The molecule has 0 aliphatic rings. The van der Waals surface area contributed by atoms with E-state index in [4.69, 9.17) is 4.98 Å². The molecule has 0 spiro atoms. The molecule has 0 fully saturated rings. The molecule has 0 saturated carbocycles. The van der Waals surface area contributed by atoms with Crippen molar-refractivity contribution in [2.75, 3.05) is 6.54 Å². The predicted octanol–water partition coefficient (Wildman–Crippen LogP) is 5.58. The fourth-order valence-electron chi connectivity index (χ4n) is 2.83. The molecule has 0 radical (unpaired) electrons. The lowest BCUT2D eigenvalue weighted by atomic mass is 10.0. The SMILES string of the molecule is CCCCCNC(=O)c1cc(-c2cccc(Br)c2)nc2ccccc12. The number of amides is 1. The van der Waals surface area contributed by atoms with E-state index in [2.05, 4.69) is 28.2 Å². The van der Waals surface area contributed by atoms with Gasteiger partial charge in [-0.05, 0) is 30.7 Å². The minimum Gasteiger partial charge on any atom is -0.352 e.